The molecule has 0 fully saturated rings. The maximum atomic E-state index is 13.1. The molecule has 0 aliphatic carbocycles. The van der Waals surface area contributed by atoms with Crippen LogP contribution in [0.25, 0.3) is 0 Å². The van der Waals surface area contributed by atoms with Crippen LogP contribution >= 0.6 is 11.3 Å². The van der Waals surface area contributed by atoms with Gasteiger partial charge in [-0.15, -0.1) is 11.3 Å². The van der Waals surface area contributed by atoms with Crippen molar-refractivity contribution in [1.29, 1.82) is 0 Å². The first-order valence-corrected chi connectivity index (χ1v) is 8.32. The van der Waals surface area contributed by atoms with Gasteiger partial charge in [-0.25, -0.2) is 13.8 Å². The number of likely N-dealkylation sites (N-methyl/N-ethyl adjacent to an activating group) is 1. The summed E-state index contributed by atoms with van der Waals surface area (Å²) in [5.74, 6) is -2.91. The number of thiazole rings is 1. The summed E-state index contributed by atoms with van der Waals surface area (Å²) in [4.78, 5) is 29.7. The van der Waals surface area contributed by atoms with Gasteiger partial charge >= 0.3 is 0 Å². The Hall–Kier alpha value is -2.39. The van der Waals surface area contributed by atoms with Gasteiger partial charge in [0.25, 0.3) is 0 Å². The molecule has 2 N–H and O–H groups in total. The van der Waals surface area contributed by atoms with Crippen molar-refractivity contribution in [2.75, 3.05) is 25.5 Å². The number of rotatable bonds is 7. The Bertz CT molecular complexity index is 766. The van der Waals surface area contributed by atoms with Gasteiger partial charge in [-0.3, -0.25) is 14.5 Å². The Kier molecular flexibility index (Phi) is 6.54. The van der Waals surface area contributed by atoms with Gasteiger partial charge in [0.2, 0.25) is 11.8 Å². The summed E-state index contributed by atoms with van der Waals surface area (Å²) in [6.07, 6.45) is 0. The summed E-state index contributed by atoms with van der Waals surface area (Å²) in [5, 5.41) is 7.74. The molecule has 2 amide bonds. The fourth-order valence-corrected chi connectivity index (χ4v) is 2.68. The smallest absolute Gasteiger partial charge is 0.243 e. The maximum absolute atomic E-state index is 13.1. The van der Waals surface area contributed by atoms with Crippen LogP contribution in [0.5, 0.6) is 0 Å². The zero-order valence-electron chi connectivity index (χ0n) is 13.8. The molecule has 0 spiro atoms. The minimum Gasteiger partial charge on any atom is -0.346 e. The van der Waals surface area contributed by atoms with Crippen molar-refractivity contribution in [2.45, 2.75) is 13.5 Å². The second-order valence-corrected chi connectivity index (χ2v) is 6.55. The first-order chi connectivity index (χ1) is 11.8. The number of nitrogens with one attached hydrogen (secondary N) is 2. The second kappa shape index (κ2) is 8.63. The average molecular weight is 368 g/mol. The lowest BCUT2D eigenvalue weighted by Gasteiger charge is -2.15. The van der Waals surface area contributed by atoms with E-state index in [2.05, 4.69) is 15.6 Å². The molecule has 0 radical (unpaired) electrons. The summed E-state index contributed by atoms with van der Waals surface area (Å²) in [5.41, 5.74) is 1.00. The molecule has 134 valence electrons. The van der Waals surface area contributed by atoms with E-state index in [1.54, 1.807) is 23.3 Å². The molecule has 2 rings (SSSR count). The van der Waals surface area contributed by atoms with Crippen LogP contribution < -0.4 is 10.6 Å². The van der Waals surface area contributed by atoms with Crippen LogP contribution in [0.1, 0.15) is 10.7 Å². The Morgan fingerprint density at radius 2 is 2.00 bits per heavy atom. The molecule has 0 aliphatic rings. The van der Waals surface area contributed by atoms with Crippen LogP contribution in [-0.4, -0.2) is 41.8 Å². The molecule has 0 aliphatic heterocycles. The second-order valence-electron chi connectivity index (χ2n) is 5.48. The molecule has 0 saturated carbocycles. The predicted octanol–water partition coefficient (Wildman–Crippen LogP) is 1.92. The van der Waals surface area contributed by atoms with E-state index >= 15 is 0 Å². The number of carbonyl (C=O) groups excluding carboxylic acids is 2. The number of carbonyl (C=O) groups is 2. The highest BCUT2D eigenvalue weighted by molar-refractivity contribution is 7.09. The molecular weight excluding hydrogens is 350 g/mol. The number of aromatic nitrogens is 1. The fourth-order valence-electron chi connectivity index (χ4n) is 2.07. The van der Waals surface area contributed by atoms with Gasteiger partial charge in [0.15, 0.2) is 11.6 Å². The number of anilines is 1. The van der Waals surface area contributed by atoms with Crippen molar-refractivity contribution in [3.8, 4) is 0 Å². The molecule has 6 nitrogen and oxygen atoms in total. The number of amides is 2. The Balaban J connectivity index is 1.73. The van der Waals surface area contributed by atoms with E-state index < -0.39 is 17.5 Å². The van der Waals surface area contributed by atoms with Crippen LogP contribution in [-0.2, 0) is 16.1 Å². The average Bonchev–Trinajstić information content (AvgIpc) is 2.94. The summed E-state index contributed by atoms with van der Waals surface area (Å²) in [6, 6.07) is 3.03. The van der Waals surface area contributed by atoms with Crippen molar-refractivity contribution in [3.63, 3.8) is 0 Å². The minimum absolute atomic E-state index is 0.106. The van der Waals surface area contributed by atoms with Gasteiger partial charge in [-0.2, -0.15) is 0 Å². The molecule has 1 aromatic carbocycles. The van der Waals surface area contributed by atoms with E-state index in [1.165, 1.54) is 6.07 Å². The third-order valence-corrected chi connectivity index (χ3v) is 3.98. The van der Waals surface area contributed by atoms with E-state index in [1.807, 2.05) is 12.3 Å². The van der Waals surface area contributed by atoms with E-state index in [0.29, 0.717) is 6.54 Å². The molecule has 0 atom stereocenters. The standard InChI is InChI=1S/C16H18F2N4O2S/c1-10-20-12(9-25-10)7-22(2)8-16(24)19-6-15(23)21-11-3-4-13(17)14(18)5-11/h3-5,9H,6-8H2,1-2H3,(H,19,24)(H,21,23). The molecule has 0 saturated heterocycles. The van der Waals surface area contributed by atoms with E-state index in [0.717, 1.165) is 22.8 Å². The predicted molar refractivity (Wildman–Crippen MR) is 91.2 cm³/mol. The number of hydrogen-bond donors (Lipinski definition) is 2. The molecule has 25 heavy (non-hydrogen) atoms. The van der Waals surface area contributed by atoms with Gasteiger partial charge in [0.05, 0.1) is 23.8 Å². The van der Waals surface area contributed by atoms with Gasteiger partial charge < -0.3 is 10.6 Å². The lowest BCUT2D eigenvalue weighted by atomic mass is 10.3. The monoisotopic (exact) mass is 368 g/mol. The first kappa shape index (κ1) is 18.9. The normalized spacial score (nSPS) is 10.8. The Morgan fingerprint density at radius 1 is 1.24 bits per heavy atom. The quantitative estimate of drug-likeness (QED) is 0.783. The first-order valence-electron chi connectivity index (χ1n) is 7.44. The molecule has 0 bridgehead atoms. The highest BCUT2D eigenvalue weighted by Crippen LogP contribution is 2.12. The summed E-state index contributed by atoms with van der Waals surface area (Å²) >= 11 is 1.54. The zero-order valence-corrected chi connectivity index (χ0v) is 14.6. The molecule has 2 aromatic rings. The Morgan fingerprint density at radius 3 is 2.64 bits per heavy atom. The van der Waals surface area contributed by atoms with Gasteiger partial charge in [-0.05, 0) is 26.1 Å². The third kappa shape index (κ3) is 6.20. The van der Waals surface area contributed by atoms with Crippen molar-refractivity contribution < 1.29 is 18.4 Å². The van der Waals surface area contributed by atoms with Crippen LogP contribution in [0, 0.1) is 18.6 Å². The van der Waals surface area contributed by atoms with Crippen molar-refractivity contribution in [1.82, 2.24) is 15.2 Å². The van der Waals surface area contributed by atoms with Gasteiger partial charge in [-0.1, -0.05) is 0 Å². The van der Waals surface area contributed by atoms with Crippen molar-refractivity contribution in [2.24, 2.45) is 0 Å². The lowest BCUT2D eigenvalue weighted by Crippen LogP contribution is -2.39. The van der Waals surface area contributed by atoms with E-state index in [-0.39, 0.29) is 24.7 Å². The Labute approximate surface area is 147 Å². The number of hydrogen-bond acceptors (Lipinski definition) is 5. The van der Waals surface area contributed by atoms with Crippen LogP contribution in [0.2, 0.25) is 0 Å². The largest absolute Gasteiger partial charge is 0.346 e. The minimum atomic E-state index is -1.05. The van der Waals surface area contributed by atoms with E-state index in [4.69, 9.17) is 0 Å². The highest BCUT2D eigenvalue weighted by Gasteiger charge is 2.11. The number of nitrogens with zero attached hydrogens (tertiary/aromatic N) is 2. The fraction of sp³-hybridized carbons (Fsp3) is 0.312. The van der Waals surface area contributed by atoms with Crippen LogP contribution in [0.3, 0.4) is 0 Å². The SMILES string of the molecule is Cc1nc(CN(C)CC(=O)NCC(=O)Nc2ccc(F)c(F)c2)cs1. The number of aryl methyl sites for hydroxylation is 1. The van der Waals surface area contributed by atoms with Gasteiger partial charge in [0, 0.05) is 23.7 Å². The third-order valence-electron chi connectivity index (χ3n) is 3.16. The van der Waals surface area contributed by atoms with Gasteiger partial charge in [0.1, 0.15) is 0 Å². The highest BCUT2D eigenvalue weighted by atomic mass is 32.1. The van der Waals surface area contributed by atoms with Crippen LogP contribution in [0.15, 0.2) is 23.6 Å². The van der Waals surface area contributed by atoms with E-state index in [9.17, 15) is 18.4 Å². The number of benzene rings is 1. The molecule has 9 heteroatoms. The molecular formula is C16H18F2N4O2S. The topological polar surface area (TPSA) is 74.3 Å². The maximum Gasteiger partial charge on any atom is 0.243 e. The lowest BCUT2D eigenvalue weighted by molar-refractivity contribution is -0.124. The summed E-state index contributed by atoms with van der Waals surface area (Å²) < 4.78 is 25.9. The van der Waals surface area contributed by atoms with Crippen molar-refractivity contribution in [3.05, 3.63) is 45.9 Å². The summed E-state index contributed by atoms with van der Waals surface area (Å²) in [6.45, 7) is 2.28. The molecule has 0 unspecified atom stereocenters. The number of halogens is 2. The molecule has 1 heterocycles. The van der Waals surface area contributed by atoms with Crippen LogP contribution in [0.4, 0.5) is 14.5 Å². The molecule has 1 aromatic heterocycles. The zero-order chi connectivity index (χ0) is 18.4. The summed E-state index contributed by atoms with van der Waals surface area (Å²) in [7, 11) is 1.77. The van der Waals surface area contributed by atoms with Crippen molar-refractivity contribution >= 4 is 28.8 Å².